The van der Waals surface area contributed by atoms with E-state index in [-0.39, 0.29) is 22.6 Å². The minimum absolute atomic E-state index is 0.0578. The van der Waals surface area contributed by atoms with E-state index in [0.29, 0.717) is 11.4 Å². The third kappa shape index (κ3) is 4.42. The maximum absolute atomic E-state index is 12.1. The number of aryl methyl sites for hydroxylation is 1. The van der Waals surface area contributed by atoms with Crippen LogP contribution in [0.5, 0.6) is 0 Å². The van der Waals surface area contributed by atoms with E-state index in [9.17, 15) is 10.1 Å². The fourth-order valence-corrected chi connectivity index (χ4v) is 6.38. The van der Waals surface area contributed by atoms with Crippen LogP contribution < -0.4 is 5.32 Å². The van der Waals surface area contributed by atoms with Crippen molar-refractivity contribution in [2.24, 2.45) is 0 Å². The largest absolute Gasteiger partial charge is 0.357 e. The van der Waals surface area contributed by atoms with Gasteiger partial charge in [0.2, 0.25) is 0 Å². The van der Waals surface area contributed by atoms with Gasteiger partial charge < -0.3 is 10.3 Å². The molecule has 0 fully saturated rings. The van der Waals surface area contributed by atoms with Gasteiger partial charge in [0.05, 0.1) is 15.9 Å². The molecule has 0 unspecified atom stereocenters. The van der Waals surface area contributed by atoms with Crippen molar-refractivity contribution in [1.29, 1.82) is 0 Å². The molecule has 0 saturated carbocycles. The van der Waals surface area contributed by atoms with Crippen molar-refractivity contribution in [3.8, 4) is 0 Å². The van der Waals surface area contributed by atoms with Gasteiger partial charge in [-0.15, -0.1) is 0 Å². The van der Waals surface area contributed by atoms with Crippen LogP contribution in [-0.4, -0.2) is 16.5 Å². The number of rotatable bonds is 5. The Labute approximate surface area is 224 Å². The number of aromatic amines is 1. The maximum atomic E-state index is 12.1. The van der Waals surface area contributed by atoms with Crippen molar-refractivity contribution < 1.29 is 4.92 Å². The highest BCUT2D eigenvalue weighted by atomic mass is 35.5. The normalized spacial score (nSPS) is 17.0. The first-order valence-electron chi connectivity index (χ1n) is 12.1. The molecule has 2 heterocycles. The molecule has 37 heavy (non-hydrogen) atoms. The van der Waals surface area contributed by atoms with Gasteiger partial charge >= 0.3 is 0 Å². The van der Waals surface area contributed by atoms with Crippen LogP contribution in [0.25, 0.3) is 10.9 Å². The molecule has 0 spiro atoms. The zero-order valence-corrected chi connectivity index (χ0v) is 21.6. The van der Waals surface area contributed by atoms with Crippen molar-refractivity contribution in [3.05, 3.63) is 134 Å². The third-order valence-electron chi connectivity index (χ3n) is 6.98. The number of nitro benzene ring substituents is 1. The summed E-state index contributed by atoms with van der Waals surface area (Å²) in [4.78, 5) is 17.0. The Morgan fingerprint density at radius 3 is 2.51 bits per heavy atom. The van der Waals surface area contributed by atoms with Crippen LogP contribution in [0.3, 0.4) is 0 Å². The number of benzene rings is 4. The van der Waals surface area contributed by atoms with Crippen molar-refractivity contribution in [2.45, 2.75) is 28.7 Å². The number of aromatic nitrogens is 1. The quantitative estimate of drug-likeness (QED) is 0.180. The molecule has 2 N–H and O–H groups in total. The molecule has 1 aliphatic rings. The van der Waals surface area contributed by atoms with E-state index in [1.807, 2.05) is 73.7 Å². The average Bonchev–Trinajstić information content (AvgIpc) is 3.30. The molecular weight excluding hydrogens is 502 g/mol. The van der Waals surface area contributed by atoms with Gasteiger partial charge in [-0.1, -0.05) is 83.5 Å². The summed E-state index contributed by atoms with van der Waals surface area (Å²) in [6, 6.07) is 29.6. The minimum atomic E-state index is -0.290. The number of H-pyrrole nitrogens is 1. The Kier molecular flexibility index (Phi) is 6.24. The monoisotopic (exact) mass is 525 g/mol. The Morgan fingerprint density at radius 1 is 0.973 bits per heavy atom. The topological polar surface area (TPSA) is 71.0 Å². The van der Waals surface area contributed by atoms with Gasteiger partial charge in [-0.05, 0) is 53.9 Å². The molecular formula is C30H24ClN3O2S. The van der Waals surface area contributed by atoms with E-state index in [1.165, 1.54) is 17.3 Å². The summed E-state index contributed by atoms with van der Waals surface area (Å²) in [7, 11) is 0. The van der Waals surface area contributed by atoms with Crippen LogP contribution in [0, 0.1) is 17.0 Å². The molecule has 0 amide bonds. The van der Waals surface area contributed by atoms with Gasteiger partial charge in [0.15, 0.2) is 0 Å². The van der Waals surface area contributed by atoms with E-state index >= 15 is 0 Å². The SMILES string of the molecule is Cc1ccc(Sc2ccc([C@@H]3NC[C@H](c4ccccc4Cl)c4c3[nH]c3ccccc43)cc2[N+](=O)[O-])cc1. The molecule has 1 aliphatic heterocycles. The summed E-state index contributed by atoms with van der Waals surface area (Å²) in [6.07, 6.45) is 0. The second-order valence-electron chi connectivity index (χ2n) is 9.31. The summed E-state index contributed by atoms with van der Waals surface area (Å²) in [5.41, 5.74) is 6.43. The Hall–Kier alpha value is -3.58. The van der Waals surface area contributed by atoms with Crippen LogP contribution in [-0.2, 0) is 0 Å². The molecule has 0 bridgehead atoms. The molecule has 0 aliphatic carbocycles. The standard InChI is InChI=1S/C30H24ClN3O2S/c1-18-10-13-20(14-11-18)37-27-15-12-19(16-26(27)34(35)36)29-30-28(22-7-3-5-9-25(22)33-30)23(17-32-29)21-6-2-4-8-24(21)31/h2-16,23,29,32-33H,17H2,1H3/t23-,29+/m1/s1. The zero-order valence-electron chi connectivity index (χ0n) is 20.1. The molecule has 2 atom stereocenters. The third-order valence-corrected chi connectivity index (χ3v) is 8.40. The summed E-state index contributed by atoms with van der Waals surface area (Å²) >= 11 is 8.04. The molecule has 1 aromatic heterocycles. The summed E-state index contributed by atoms with van der Waals surface area (Å²) in [5, 5.41) is 17.6. The lowest BCUT2D eigenvalue weighted by Crippen LogP contribution is -2.34. The predicted octanol–water partition coefficient (Wildman–Crippen LogP) is 8.01. The lowest BCUT2D eigenvalue weighted by molar-refractivity contribution is -0.387. The number of para-hydroxylation sites is 1. The van der Waals surface area contributed by atoms with Gasteiger partial charge in [-0.3, -0.25) is 10.1 Å². The van der Waals surface area contributed by atoms with Gasteiger partial charge in [0.25, 0.3) is 5.69 Å². The lowest BCUT2D eigenvalue weighted by Gasteiger charge is -2.31. The number of nitrogens with zero attached hydrogens (tertiary/aromatic N) is 1. The van der Waals surface area contributed by atoms with Crippen LogP contribution in [0.4, 0.5) is 5.69 Å². The molecule has 184 valence electrons. The number of nitrogens with one attached hydrogen (secondary N) is 2. The molecule has 5 aromatic rings. The number of halogens is 1. The average molecular weight is 526 g/mol. The minimum Gasteiger partial charge on any atom is -0.357 e. The van der Waals surface area contributed by atoms with Crippen molar-refractivity contribution in [3.63, 3.8) is 0 Å². The first kappa shape index (κ1) is 23.8. The highest BCUT2D eigenvalue weighted by Crippen LogP contribution is 2.44. The first-order valence-corrected chi connectivity index (χ1v) is 13.3. The number of fused-ring (bicyclic) bond motifs is 3. The first-order chi connectivity index (χ1) is 18.0. The number of hydrogen-bond donors (Lipinski definition) is 2. The van der Waals surface area contributed by atoms with E-state index in [2.05, 4.69) is 28.5 Å². The van der Waals surface area contributed by atoms with Crippen molar-refractivity contribution >= 4 is 40.0 Å². The molecule has 0 radical (unpaired) electrons. The molecule has 5 nitrogen and oxygen atoms in total. The maximum Gasteiger partial charge on any atom is 0.283 e. The second-order valence-corrected chi connectivity index (χ2v) is 10.8. The Bertz CT molecular complexity index is 1630. The van der Waals surface area contributed by atoms with E-state index in [0.717, 1.165) is 43.2 Å². The zero-order chi connectivity index (χ0) is 25.5. The lowest BCUT2D eigenvalue weighted by atomic mass is 9.83. The highest BCUT2D eigenvalue weighted by molar-refractivity contribution is 7.99. The molecule has 6 rings (SSSR count). The number of nitro groups is 1. The van der Waals surface area contributed by atoms with Crippen molar-refractivity contribution in [2.75, 3.05) is 6.54 Å². The second kappa shape index (κ2) is 9.71. The fourth-order valence-electron chi connectivity index (χ4n) is 5.21. The summed E-state index contributed by atoms with van der Waals surface area (Å²) in [5.74, 6) is 0.0578. The van der Waals surface area contributed by atoms with E-state index in [4.69, 9.17) is 11.6 Å². The Balaban J connectivity index is 1.44. The molecule has 4 aromatic carbocycles. The van der Waals surface area contributed by atoms with Crippen LogP contribution in [0.2, 0.25) is 5.02 Å². The van der Waals surface area contributed by atoms with E-state index < -0.39 is 0 Å². The smallest absolute Gasteiger partial charge is 0.283 e. The molecule has 7 heteroatoms. The predicted molar refractivity (Wildman–Crippen MR) is 150 cm³/mol. The van der Waals surface area contributed by atoms with E-state index in [1.54, 1.807) is 6.07 Å². The summed E-state index contributed by atoms with van der Waals surface area (Å²) in [6.45, 7) is 2.69. The van der Waals surface area contributed by atoms with Crippen LogP contribution in [0.1, 0.15) is 39.9 Å². The van der Waals surface area contributed by atoms with Gasteiger partial charge in [0.1, 0.15) is 0 Å². The summed E-state index contributed by atoms with van der Waals surface area (Å²) < 4.78 is 0. The van der Waals surface area contributed by atoms with Crippen LogP contribution >= 0.6 is 23.4 Å². The number of hydrogen-bond acceptors (Lipinski definition) is 4. The fraction of sp³-hybridized carbons (Fsp3) is 0.133. The van der Waals surface area contributed by atoms with Crippen LogP contribution in [0.15, 0.2) is 101 Å². The van der Waals surface area contributed by atoms with Crippen molar-refractivity contribution in [1.82, 2.24) is 10.3 Å². The highest BCUT2D eigenvalue weighted by Gasteiger charge is 2.34. The van der Waals surface area contributed by atoms with Gasteiger partial charge in [-0.2, -0.15) is 0 Å². The Morgan fingerprint density at radius 2 is 1.73 bits per heavy atom. The van der Waals surface area contributed by atoms with Gasteiger partial charge in [0, 0.05) is 45.0 Å². The van der Waals surface area contributed by atoms with Gasteiger partial charge in [-0.25, -0.2) is 0 Å². The molecule has 0 saturated heterocycles.